The van der Waals surface area contributed by atoms with E-state index in [1.54, 1.807) is 7.11 Å². The molecule has 2 aromatic rings. The maximum Gasteiger partial charge on any atom is 0.357 e. The van der Waals surface area contributed by atoms with Crippen molar-refractivity contribution in [1.29, 1.82) is 0 Å². The van der Waals surface area contributed by atoms with E-state index >= 15 is 0 Å². The molecule has 7 heteroatoms. The van der Waals surface area contributed by atoms with Crippen molar-refractivity contribution in [2.45, 2.75) is 6.92 Å². The Morgan fingerprint density at radius 1 is 1.33 bits per heavy atom. The molecular formula is C14H13NO5S. The van der Waals surface area contributed by atoms with Crippen molar-refractivity contribution in [3.05, 3.63) is 22.7 Å². The highest BCUT2D eigenvalue weighted by Crippen LogP contribution is 2.44. The Balaban J connectivity index is 2.07. The summed E-state index contributed by atoms with van der Waals surface area (Å²) in [5, 5.41) is 0.699. The maximum absolute atomic E-state index is 11.6. The van der Waals surface area contributed by atoms with Crippen LogP contribution >= 0.6 is 11.3 Å². The summed E-state index contributed by atoms with van der Waals surface area (Å²) in [6.45, 7) is 2.00. The third-order valence-corrected chi connectivity index (χ3v) is 4.10. The Kier molecular flexibility index (Phi) is 3.42. The maximum atomic E-state index is 11.6. The van der Waals surface area contributed by atoms with Gasteiger partial charge in [0.05, 0.1) is 14.2 Å². The molecule has 0 bridgehead atoms. The molecule has 0 aliphatic carbocycles. The SMILES string of the molecule is COC(=O)c1nc(-c2cc(OC)c3c(c2)OCO3)sc1C. The number of fused-ring (bicyclic) bond motifs is 1. The van der Waals surface area contributed by atoms with E-state index in [1.807, 2.05) is 19.1 Å². The number of carbonyl (C=O) groups excluding carboxylic acids is 1. The quantitative estimate of drug-likeness (QED) is 0.812. The molecule has 2 heterocycles. The molecular weight excluding hydrogens is 294 g/mol. The van der Waals surface area contributed by atoms with Crippen LogP contribution in [-0.4, -0.2) is 32.0 Å². The average Bonchev–Trinajstić information content (AvgIpc) is 3.11. The molecule has 0 saturated carbocycles. The normalized spacial score (nSPS) is 12.3. The highest BCUT2D eigenvalue weighted by atomic mass is 32.1. The van der Waals surface area contributed by atoms with Crippen LogP contribution in [0.25, 0.3) is 10.6 Å². The summed E-state index contributed by atoms with van der Waals surface area (Å²) in [5.41, 5.74) is 1.13. The first-order chi connectivity index (χ1) is 10.1. The molecule has 3 rings (SSSR count). The number of esters is 1. The van der Waals surface area contributed by atoms with Gasteiger partial charge in [0.25, 0.3) is 0 Å². The smallest absolute Gasteiger partial charge is 0.357 e. The van der Waals surface area contributed by atoms with E-state index in [1.165, 1.54) is 18.4 Å². The Morgan fingerprint density at radius 2 is 2.14 bits per heavy atom. The number of carbonyl (C=O) groups is 1. The number of methoxy groups -OCH3 is 2. The van der Waals surface area contributed by atoms with E-state index in [0.29, 0.717) is 28.0 Å². The number of hydrogen-bond acceptors (Lipinski definition) is 7. The number of rotatable bonds is 3. The van der Waals surface area contributed by atoms with Gasteiger partial charge in [-0.15, -0.1) is 11.3 Å². The number of thiazole rings is 1. The van der Waals surface area contributed by atoms with Gasteiger partial charge in [-0.2, -0.15) is 0 Å². The summed E-state index contributed by atoms with van der Waals surface area (Å²) in [7, 11) is 2.90. The van der Waals surface area contributed by atoms with Crippen LogP contribution in [0.4, 0.5) is 0 Å². The Hall–Kier alpha value is -2.28. The Bertz CT molecular complexity index is 710. The van der Waals surface area contributed by atoms with Crippen LogP contribution in [0.2, 0.25) is 0 Å². The fourth-order valence-electron chi connectivity index (χ4n) is 2.06. The first-order valence-electron chi connectivity index (χ1n) is 6.17. The van der Waals surface area contributed by atoms with Gasteiger partial charge in [0.1, 0.15) is 5.01 Å². The van der Waals surface area contributed by atoms with E-state index in [2.05, 4.69) is 4.98 Å². The van der Waals surface area contributed by atoms with Gasteiger partial charge in [-0.25, -0.2) is 9.78 Å². The highest BCUT2D eigenvalue weighted by molar-refractivity contribution is 7.15. The van der Waals surface area contributed by atoms with Crippen molar-refractivity contribution in [3.63, 3.8) is 0 Å². The predicted octanol–water partition coefficient (Wildman–Crippen LogP) is 2.64. The lowest BCUT2D eigenvalue weighted by Gasteiger charge is -2.06. The standard InChI is InChI=1S/C14H13NO5S/c1-7-11(14(16)18-3)15-13(21-7)8-4-9(17-2)12-10(5-8)19-6-20-12/h4-5H,6H2,1-3H3. The number of aromatic nitrogens is 1. The zero-order valence-electron chi connectivity index (χ0n) is 11.8. The topological polar surface area (TPSA) is 66.9 Å². The lowest BCUT2D eigenvalue weighted by atomic mass is 10.2. The largest absolute Gasteiger partial charge is 0.493 e. The number of ether oxygens (including phenoxy) is 4. The Morgan fingerprint density at radius 3 is 2.86 bits per heavy atom. The second-order valence-electron chi connectivity index (χ2n) is 4.33. The minimum atomic E-state index is -0.442. The van der Waals surface area contributed by atoms with Crippen molar-refractivity contribution in [2.75, 3.05) is 21.0 Å². The number of hydrogen-bond donors (Lipinski definition) is 0. The second-order valence-corrected chi connectivity index (χ2v) is 5.53. The van der Waals surface area contributed by atoms with E-state index in [0.717, 1.165) is 10.4 Å². The molecule has 0 atom stereocenters. The summed E-state index contributed by atoms with van der Waals surface area (Å²) in [4.78, 5) is 16.8. The molecule has 0 saturated heterocycles. The van der Waals surface area contributed by atoms with Crippen LogP contribution in [0.15, 0.2) is 12.1 Å². The lowest BCUT2D eigenvalue weighted by molar-refractivity contribution is 0.0594. The van der Waals surface area contributed by atoms with E-state index in [4.69, 9.17) is 18.9 Å². The molecule has 21 heavy (non-hydrogen) atoms. The van der Waals surface area contributed by atoms with Crippen molar-refractivity contribution in [2.24, 2.45) is 0 Å². The minimum Gasteiger partial charge on any atom is -0.493 e. The van der Waals surface area contributed by atoms with Gasteiger partial charge in [-0.3, -0.25) is 0 Å². The molecule has 110 valence electrons. The summed E-state index contributed by atoms with van der Waals surface area (Å²) < 4.78 is 20.8. The molecule has 0 fully saturated rings. The number of nitrogens with zero attached hydrogens (tertiary/aromatic N) is 1. The van der Waals surface area contributed by atoms with Gasteiger partial charge < -0.3 is 18.9 Å². The van der Waals surface area contributed by atoms with Gasteiger partial charge in [0.2, 0.25) is 12.5 Å². The summed E-state index contributed by atoms with van der Waals surface area (Å²) in [6.07, 6.45) is 0. The van der Waals surface area contributed by atoms with Crippen LogP contribution in [0.3, 0.4) is 0 Å². The summed E-state index contributed by atoms with van der Waals surface area (Å²) in [6, 6.07) is 3.64. The highest BCUT2D eigenvalue weighted by Gasteiger charge is 2.23. The van der Waals surface area contributed by atoms with Crippen molar-refractivity contribution < 1.29 is 23.7 Å². The summed E-state index contributed by atoms with van der Waals surface area (Å²) in [5.74, 6) is 1.33. The van der Waals surface area contributed by atoms with Gasteiger partial charge in [0, 0.05) is 10.4 Å². The van der Waals surface area contributed by atoms with Gasteiger partial charge in [0.15, 0.2) is 17.2 Å². The fourth-order valence-corrected chi connectivity index (χ4v) is 2.95. The molecule has 0 spiro atoms. The second kappa shape index (κ2) is 5.25. The minimum absolute atomic E-state index is 0.166. The molecule has 1 aromatic carbocycles. The monoisotopic (exact) mass is 307 g/mol. The third-order valence-electron chi connectivity index (χ3n) is 3.08. The van der Waals surface area contributed by atoms with E-state index in [9.17, 15) is 4.79 Å². The van der Waals surface area contributed by atoms with Crippen LogP contribution in [0.5, 0.6) is 17.2 Å². The molecule has 0 radical (unpaired) electrons. The molecule has 1 aromatic heterocycles. The van der Waals surface area contributed by atoms with E-state index < -0.39 is 5.97 Å². The van der Waals surface area contributed by atoms with Crippen LogP contribution < -0.4 is 14.2 Å². The molecule has 1 aliphatic rings. The molecule has 0 amide bonds. The molecule has 1 aliphatic heterocycles. The van der Waals surface area contributed by atoms with Crippen molar-refractivity contribution >= 4 is 17.3 Å². The zero-order valence-corrected chi connectivity index (χ0v) is 12.6. The lowest BCUT2D eigenvalue weighted by Crippen LogP contribution is -2.03. The summed E-state index contributed by atoms with van der Waals surface area (Å²) >= 11 is 1.41. The number of benzene rings is 1. The van der Waals surface area contributed by atoms with Gasteiger partial charge in [-0.1, -0.05) is 0 Å². The molecule has 6 nitrogen and oxygen atoms in total. The Labute approximate surface area is 125 Å². The molecule has 0 N–H and O–H groups in total. The number of aryl methyl sites for hydroxylation is 1. The first-order valence-corrected chi connectivity index (χ1v) is 6.99. The van der Waals surface area contributed by atoms with Crippen LogP contribution in [0.1, 0.15) is 15.4 Å². The van der Waals surface area contributed by atoms with E-state index in [-0.39, 0.29) is 6.79 Å². The third kappa shape index (κ3) is 2.29. The first kappa shape index (κ1) is 13.7. The van der Waals surface area contributed by atoms with Crippen LogP contribution in [0, 0.1) is 6.92 Å². The van der Waals surface area contributed by atoms with Crippen molar-refractivity contribution in [1.82, 2.24) is 4.98 Å². The predicted molar refractivity (Wildman–Crippen MR) is 76.3 cm³/mol. The average molecular weight is 307 g/mol. The van der Waals surface area contributed by atoms with Gasteiger partial charge >= 0.3 is 5.97 Å². The zero-order chi connectivity index (χ0) is 15.0. The van der Waals surface area contributed by atoms with Crippen LogP contribution in [-0.2, 0) is 4.74 Å². The van der Waals surface area contributed by atoms with Gasteiger partial charge in [-0.05, 0) is 19.1 Å². The molecule has 0 unspecified atom stereocenters. The van der Waals surface area contributed by atoms with Crippen molar-refractivity contribution in [3.8, 4) is 27.8 Å². The fraction of sp³-hybridized carbons (Fsp3) is 0.286.